The second-order valence-electron chi connectivity index (χ2n) is 6.98. The highest BCUT2D eigenvalue weighted by atomic mass is 16.5. The van der Waals surface area contributed by atoms with Crippen molar-refractivity contribution in [2.24, 2.45) is 0 Å². The number of pyridine rings is 1. The molecule has 0 aliphatic carbocycles. The summed E-state index contributed by atoms with van der Waals surface area (Å²) in [6.45, 7) is 1.89. The van der Waals surface area contributed by atoms with Crippen molar-refractivity contribution in [2.45, 2.75) is 19.5 Å². The van der Waals surface area contributed by atoms with Gasteiger partial charge in [0, 0.05) is 18.9 Å². The molecule has 0 spiro atoms. The highest BCUT2D eigenvalue weighted by Crippen LogP contribution is 2.40. The lowest BCUT2D eigenvalue weighted by Gasteiger charge is -2.27. The van der Waals surface area contributed by atoms with Gasteiger partial charge < -0.3 is 19.2 Å². The van der Waals surface area contributed by atoms with Crippen LogP contribution in [-0.2, 0) is 11.3 Å². The van der Waals surface area contributed by atoms with Gasteiger partial charge >= 0.3 is 0 Å². The van der Waals surface area contributed by atoms with Crippen molar-refractivity contribution in [2.75, 3.05) is 7.11 Å². The molecule has 1 atom stereocenters. The Balaban J connectivity index is 1.81. The number of carbonyl (C=O) groups is 2. The van der Waals surface area contributed by atoms with Crippen molar-refractivity contribution >= 4 is 11.7 Å². The van der Waals surface area contributed by atoms with Gasteiger partial charge in [-0.05, 0) is 48.4 Å². The van der Waals surface area contributed by atoms with E-state index in [2.05, 4.69) is 4.98 Å². The number of furan rings is 1. The Morgan fingerprint density at radius 1 is 1.23 bits per heavy atom. The van der Waals surface area contributed by atoms with E-state index in [9.17, 15) is 14.7 Å². The third-order valence-corrected chi connectivity index (χ3v) is 5.00. The monoisotopic (exact) mass is 404 g/mol. The molecule has 1 unspecified atom stereocenters. The molecule has 30 heavy (non-hydrogen) atoms. The predicted octanol–water partition coefficient (Wildman–Crippen LogP) is 3.77. The van der Waals surface area contributed by atoms with Crippen LogP contribution < -0.4 is 4.74 Å². The second kappa shape index (κ2) is 7.87. The Kier molecular flexibility index (Phi) is 5.10. The molecule has 2 aromatic heterocycles. The fourth-order valence-electron chi connectivity index (χ4n) is 3.58. The molecule has 3 aromatic rings. The molecule has 4 rings (SSSR count). The number of amides is 1. The summed E-state index contributed by atoms with van der Waals surface area (Å²) < 4.78 is 10.8. The molecule has 0 bridgehead atoms. The van der Waals surface area contributed by atoms with Gasteiger partial charge in [-0.15, -0.1) is 0 Å². The van der Waals surface area contributed by atoms with E-state index in [1.807, 2.05) is 6.07 Å². The average molecular weight is 404 g/mol. The Bertz CT molecular complexity index is 1130. The minimum Gasteiger partial charge on any atom is -0.503 e. The molecule has 1 amide bonds. The van der Waals surface area contributed by atoms with Crippen LogP contribution in [0.2, 0.25) is 0 Å². The predicted molar refractivity (Wildman–Crippen MR) is 108 cm³/mol. The van der Waals surface area contributed by atoms with Gasteiger partial charge in [-0.1, -0.05) is 18.2 Å². The van der Waals surface area contributed by atoms with Crippen LogP contribution in [0.5, 0.6) is 5.75 Å². The van der Waals surface area contributed by atoms with E-state index in [0.29, 0.717) is 17.1 Å². The van der Waals surface area contributed by atoms with Crippen molar-refractivity contribution in [3.05, 3.63) is 94.9 Å². The lowest BCUT2D eigenvalue weighted by Crippen LogP contribution is -2.30. The van der Waals surface area contributed by atoms with Gasteiger partial charge in [0.05, 0.1) is 18.7 Å². The van der Waals surface area contributed by atoms with Gasteiger partial charge in [-0.3, -0.25) is 14.6 Å². The first-order valence-corrected chi connectivity index (χ1v) is 9.37. The summed E-state index contributed by atoms with van der Waals surface area (Å²) >= 11 is 0. The number of Topliss-reactive ketones (excluding diaryl/α,β-unsaturated/α-hetero) is 1. The van der Waals surface area contributed by atoms with Gasteiger partial charge in [-0.2, -0.15) is 0 Å². The lowest BCUT2D eigenvalue weighted by atomic mass is 9.94. The molecule has 7 heteroatoms. The van der Waals surface area contributed by atoms with Crippen molar-refractivity contribution < 1.29 is 23.8 Å². The summed E-state index contributed by atoms with van der Waals surface area (Å²) in [7, 11) is 1.54. The number of aliphatic hydroxyl groups is 1. The first-order chi connectivity index (χ1) is 14.5. The number of hydrogen-bond acceptors (Lipinski definition) is 6. The van der Waals surface area contributed by atoms with E-state index >= 15 is 0 Å². The molecular weight excluding hydrogens is 384 g/mol. The molecule has 1 aliphatic heterocycles. The van der Waals surface area contributed by atoms with Crippen molar-refractivity contribution in [3.8, 4) is 5.75 Å². The maximum absolute atomic E-state index is 13.2. The molecule has 1 aliphatic rings. The molecule has 0 saturated carbocycles. The zero-order chi connectivity index (χ0) is 21.3. The standard InChI is InChI=1S/C23H20N2O5/c1-14-8-9-18(30-14)21(26)19-20(16-6-3-7-17(11-16)29-2)25(23(28)22(19)27)13-15-5-4-10-24-12-15/h3-12,20,27H,13H2,1-2H3. The number of aromatic nitrogens is 1. The Morgan fingerprint density at radius 3 is 2.73 bits per heavy atom. The second-order valence-corrected chi connectivity index (χ2v) is 6.98. The van der Waals surface area contributed by atoms with Crippen LogP contribution in [0.3, 0.4) is 0 Å². The zero-order valence-corrected chi connectivity index (χ0v) is 16.5. The van der Waals surface area contributed by atoms with Crippen LogP contribution in [0.25, 0.3) is 0 Å². The number of rotatable bonds is 6. The van der Waals surface area contributed by atoms with Crippen LogP contribution in [-0.4, -0.2) is 33.8 Å². The topological polar surface area (TPSA) is 92.9 Å². The normalized spacial score (nSPS) is 16.3. The summed E-state index contributed by atoms with van der Waals surface area (Å²) in [6, 6.07) is 13.1. The lowest BCUT2D eigenvalue weighted by molar-refractivity contribution is -0.130. The van der Waals surface area contributed by atoms with E-state index in [0.717, 1.165) is 5.56 Å². The molecule has 1 N–H and O–H groups in total. The molecule has 7 nitrogen and oxygen atoms in total. The number of carbonyl (C=O) groups excluding carboxylic acids is 2. The highest BCUT2D eigenvalue weighted by molar-refractivity contribution is 6.15. The fourth-order valence-corrected chi connectivity index (χ4v) is 3.58. The van der Waals surface area contributed by atoms with Crippen molar-refractivity contribution in [1.29, 1.82) is 0 Å². The number of aliphatic hydroxyl groups excluding tert-OH is 1. The van der Waals surface area contributed by atoms with Crippen LogP contribution >= 0.6 is 0 Å². The molecule has 0 fully saturated rings. The van der Waals surface area contributed by atoms with Gasteiger partial charge in [0.15, 0.2) is 11.5 Å². The van der Waals surface area contributed by atoms with E-state index in [1.54, 1.807) is 55.7 Å². The fraction of sp³-hybridized carbons (Fsp3) is 0.174. The first kappa shape index (κ1) is 19.4. The molecule has 3 heterocycles. The van der Waals surface area contributed by atoms with Gasteiger partial charge in [0.1, 0.15) is 11.5 Å². The van der Waals surface area contributed by atoms with Gasteiger partial charge in [0.25, 0.3) is 5.91 Å². The maximum Gasteiger partial charge on any atom is 0.290 e. The SMILES string of the molecule is COc1cccc(C2C(C(=O)c3ccc(C)o3)=C(O)C(=O)N2Cc2cccnc2)c1. The molecule has 152 valence electrons. The van der Waals surface area contributed by atoms with Crippen molar-refractivity contribution in [1.82, 2.24) is 9.88 Å². The number of aryl methyl sites for hydroxylation is 1. The maximum atomic E-state index is 13.2. The van der Waals surface area contributed by atoms with Gasteiger partial charge in [-0.25, -0.2) is 0 Å². The Labute approximate surface area is 173 Å². The van der Waals surface area contributed by atoms with Crippen LogP contribution in [0.1, 0.15) is 33.5 Å². The Morgan fingerprint density at radius 2 is 2.07 bits per heavy atom. The molecular formula is C23H20N2O5. The number of hydrogen-bond donors (Lipinski definition) is 1. The zero-order valence-electron chi connectivity index (χ0n) is 16.5. The summed E-state index contributed by atoms with van der Waals surface area (Å²) in [5, 5.41) is 10.7. The first-order valence-electron chi connectivity index (χ1n) is 9.37. The van der Waals surface area contributed by atoms with Crippen LogP contribution in [0.15, 0.2) is 76.7 Å². The van der Waals surface area contributed by atoms with E-state index in [1.165, 1.54) is 18.1 Å². The van der Waals surface area contributed by atoms with Gasteiger partial charge in [0.2, 0.25) is 5.78 Å². The third kappa shape index (κ3) is 3.45. The average Bonchev–Trinajstić information content (AvgIpc) is 3.31. The largest absolute Gasteiger partial charge is 0.503 e. The smallest absolute Gasteiger partial charge is 0.290 e. The third-order valence-electron chi connectivity index (χ3n) is 5.00. The highest BCUT2D eigenvalue weighted by Gasteiger charge is 2.44. The summed E-state index contributed by atoms with van der Waals surface area (Å²) in [5.41, 5.74) is 1.39. The molecule has 0 radical (unpaired) electrons. The summed E-state index contributed by atoms with van der Waals surface area (Å²) in [4.78, 5) is 31.7. The van der Waals surface area contributed by atoms with Crippen molar-refractivity contribution in [3.63, 3.8) is 0 Å². The summed E-state index contributed by atoms with van der Waals surface area (Å²) in [6.07, 6.45) is 3.28. The number of methoxy groups -OCH3 is 1. The summed E-state index contributed by atoms with van der Waals surface area (Å²) in [5.74, 6) is -0.529. The number of nitrogens with zero attached hydrogens (tertiary/aromatic N) is 2. The molecule has 1 aromatic carbocycles. The van der Waals surface area contributed by atoms with E-state index in [-0.39, 0.29) is 17.9 Å². The minimum absolute atomic E-state index is 0.0218. The number of ketones is 1. The Hall–Kier alpha value is -3.87. The minimum atomic E-state index is -0.800. The number of benzene rings is 1. The number of ether oxygens (including phenoxy) is 1. The van der Waals surface area contributed by atoms with Crippen LogP contribution in [0, 0.1) is 6.92 Å². The quantitative estimate of drug-likeness (QED) is 0.629. The van der Waals surface area contributed by atoms with E-state index < -0.39 is 23.5 Å². The van der Waals surface area contributed by atoms with E-state index in [4.69, 9.17) is 9.15 Å². The van der Waals surface area contributed by atoms with Crippen LogP contribution in [0.4, 0.5) is 0 Å². The molecule has 0 saturated heterocycles.